The molecule has 5 nitrogen and oxygen atoms in total. The molecule has 0 aliphatic heterocycles. The molecule has 0 aromatic heterocycles. The van der Waals surface area contributed by atoms with Gasteiger partial charge in [-0.15, -0.1) is 0 Å². The molecule has 98 valence electrons. The van der Waals surface area contributed by atoms with Gasteiger partial charge in [0.25, 0.3) is 0 Å². The van der Waals surface area contributed by atoms with Crippen LogP contribution in [0.15, 0.2) is 0 Å². The Balaban J connectivity index is 2.60. The van der Waals surface area contributed by atoms with Crippen LogP contribution in [0.5, 0.6) is 0 Å². The Morgan fingerprint density at radius 1 is 1.41 bits per heavy atom. The van der Waals surface area contributed by atoms with Crippen molar-refractivity contribution in [3.05, 3.63) is 0 Å². The number of carbonyl (C=O) groups is 2. The zero-order valence-corrected chi connectivity index (χ0v) is 11.0. The number of nitrogens with two attached hydrogens (primary N) is 1. The van der Waals surface area contributed by atoms with Gasteiger partial charge in [0.2, 0.25) is 11.8 Å². The first-order chi connectivity index (χ1) is 7.93. The first kappa shape index (κ1) is 14.0. The number of hydrogen-bond donors (Lipinski definition) is 2. The summed E-state index contributed by atoms with van der Waals surface area (Å²) in [5, 5.41) is 2.69. The lowest BCUT2D eigenvalue weighted by Crippen LogP contribution is -2.56. The Labute approximate surface area is 103 Å². The normalized spacial score (nSPS) is 18.4. The second-order valence-corrected chi connectivity index (χ2v) is 4.83. The van der Waals surface area contributed by atoms with Gasteiger partial charge in [-0.05, 0) is 39.5 Å². The highest BCUT2D eigenvalue weighted by molar-refractivity contribution is 5.90. The van der Waals surface area contributed by atoms with E-state index in [1.54, 1.807) is 6.92 Å². The van der Waals surface area contributed by atoms with Crippen LogP contribution in [0.4, 0.5) is 0 Å². The Morgan fingerprint density at radius 2 is 2.00 bits per heavy atom. The molecule has 0 bridgehead atoms. The van der Waals surface area contributed by atoms with Crippen LogP contribution < -0.4 is 11.1 Å². The van der Waals surface area contributed by atoms with Gasteiger partial charge in [0.1, 0.15) is 0 Å². The van der Waals surface area contributed by atoms with Crippen molar-refractivity contribution in [2.75, 3.05) is 19.6 Å². The second-order valence-electron chi connectivity index (χ2n) is 4.83. The molecule has 1 rings (SSSR count). The van der Waals surface area contributed by atoms with Gasteiger partial charge < -0.3 is 16.0 Å². The third-order valence-electron chi connectivity index (χ3n) is 3.26. The van der Waals surface area contributed by atoms with Crippen LogP contribution in [-0.2, 0) is 9.59 Å². The highest BCUT2D eigenvalue weighted by atomic mass is 16.2. The van der Waals surface area contributed by atoms with E-state index in [2.05, 4.69) is 5.32 Å². The fourth-order valence-electron chi connectivity index (χ4n) is 1.95. The molecule has 0 aromatic carbocycles. The predicted molar refractivity (Wildman–Crippen MR) is 66.3 cm³/mol. The Hall–Kier alpha value is -1.10. The molecule has 3 N–H and O–H groups in total. The third-order valence-corrected chi connectivity index (χ3v) is 3.26. The molecule has 1 fully saturated rings. The minimum Gasteiger partial charge on any atom is -0.355 e. The van der Waals surface area contributed by atoms with Crippen molar-refractivity contribution in [1.29, 1.82) is 0 Å². The minimum absolute atomic E-state index is 0.0999. The molecule has 17 heavy (non-hydrogen) atoms. The fraction of sp³-hybridized carbons (Fsp3) is 0.833. The number of nitrogens with zero attached hydrogens (tertiary/aromatic N) is 1. The molecule has 0 radical (unpaired) electrons. The molecule has 1 unspecified atom stereocenters. The monoisotopic (exact) mass is 241 g/mol. The summed E-state index contributed by atoms with van der Waals surface area (Å²) in [5.41, 5.74) is 5.25. The van der Waals surface area contributed by atoms with Crippen LogP contribution in [0.1, 0.15) is 33.6 Å². The summed E-state index contributed by atoms with van der Waals surface area (Å²) >= 11 is 0. The Kier molecular flexibility index (Phi) is 4.51. The molecule has 1 atom stereocenters. The summed E-state index contributed by atoms with van der Waals surface area (Å²) in [6, 6.07) is 0. The predicted octanol–water partition coefficient (Wildman–Crippen LogP) is 0.0984. The van der Waals surface area contributed by atoms with Gasteiger partial charge in [0, 0.05) is 13.1 Å². The van der Waals surface area contributed by atoms with E-state index in [0.29, 0.717) is 13.1 Å². The van der Waals surface area contributed by atoms with Gasteiger partial charge >= 0.3 is 0 Å². The van der Waals surface area contributed by atoms with E-state index in [0.717, 1.165) is 12.8 Å². The van der Waals surface area contributed by atoms with E-state index in [4.69, 9.17) is 5.73 Å². The van der Waals surface area contributed by atoms with Crippen LogP contribution in [-0.4, -0.2) is 41.9 Å². The highest BCUT2D eigenvalue weighted by Crippen LogP contribution is 2.38. The van der Waals surface area contributed by atoms with Crippen molar-refractivity contribution in [1.82, 2.24) is 10.2 Å². The summed E-state index contributed by atoms with van der Waals surface area (Å²) in [7, 11) is 0. The van der Waals surface area contributed by atoms with Gasteiger partial charge in [-0.3, -0.25) is 9.59 Å². The smallest absolute Gasteiger partial charge is 0.243 e. The lowest BCUT2D eigenvalue weighted by molar-refractivity contribution is -0.140. The molecule has 0 heterocycles. The molecule has 2 amide bonds. The van der Waals surface area contributed by atoms with Gasteiger partial charge in [0.15, 0.2) is 0 Å². The summed E-state index contributed by atoms with van der Waals surface area (Å²) in [6.45, 7) is 6.67. The Morgan fingerprint density at radius 3 is 2.41 bits per heavy atom. The largest absolute Gasteiger partial charge is 0.355 e. The molecule has 0 saturated heterocycles. The fourth-order valence-corrected chi connectivity index (χ4v) is 1.95. The second kappa shape index (κ2) is 5.49. The first-order valence-electron chi connectivity index (χ1n) is 6.28. The summed E-state index contributed by atoms with van der Waals surface area (Å²) in [4.78, 5) is 25.3. The SMILES string of the molecule is CCNC(=O)CN(CC)C(=O)C(C)(N)C1CC1. The topological polar surface area (TPSA) is 75.4 Å². The van der Waals surface area contributed by atoms with Crippen molar-refractivity contribution >= 4 is 11.8 Å². The van der Waals surface area contributed by atoms with Crippen molar-refractivity contribution in [3.8, 4) is 0 Å². The number of rotatable bonds is 6. The molecular formula is C12H23N3O2. The van der Waals surface area contributed by atoms with Crippen LogP contribution in [0.3, 0.4) is 0 Å². The molecule has 5 heteroatoms. The maximum Gasteiger partial charge on any atom is 0.243 e. The summed E-state index contributed by atoms with van der Waals surface area (Å²) < 4.78 is 0. The summed E-state index contributed by atoms with van der Waals surface area (Å²) in [6.07, 6.45) is 2.02. The number of carbonyl (C=O) groups excluding carboxylic acids is 2. The van der Waals surface area contributed by atoms with E-state index < -0.39 is 5.54 Å². The lowest BCUT2D eigenvalue weighted by Gasteiger charge is -2.30. The minimum atomic E-state index is -0.817. The molecule has 1 aliphatic carbocycles. The van der Waals surface area contributed by atoms with Crippen LogP contribution in [0, 0.1) is 5.92 Å². The van der Waals surface area contributed by atoms with E-state index in [-0.39, 0.29) is 24.3 Å². The van der Waals surface area contributed by atoms with E-state index in [1.807, 2.05) is 13.8 Å². The van der Waals surface area contributed by atoms with Crippen LogP contribution >= 0.6 is 0 Å². The van der Waals surface area contributed by atoms with Crippen molar-refractivity contribution < 1.29 is 9.59 Å². The summed E-state index contributed by atoms with van der Waals surface area (Å²) in [5.74, 6) is 0.0290. The van der Waals surface area contributed by atoms with Crippen molar-refractivity contribution in [2.45, 2.75) is 39.2 Å². The van der Waals surface area contributed by atoms with Crippen LogP contribution in [0.2, 0.25) is 0 Å². The quantitative estimate of drug-likeness (QED) is 0.692. The third kappa shape index (κ3) is 3.43. The van der Waals surface area contributed by atoms with Crippen molar-refractivity contribution in [2.24, 2.45) is 11.7 Å². The average molecular weight is 241 g/mol. The van der Waals surface area contributed by atoms with Gasteiger partial charge in [-0.25, -0.2) is 0 Å². The van der Waals surface area contributed by atoms with Crippen LogP contribution in [0.25, 0.3) is 0 Å². The maximum atomic E-state index is 12.2. The average Bonchev–Trinajstić information content (AvgIpc) is 3.09. The van der Waals surface area contributed by atoms with E-state index in [1.165, 1.54) is 4.90 Å². The van der Waals surface area contributed by atoms with Gasteiger partial charge in [-0.1, -0.05) is 0 Å². The zero-order chi connectivity index (χ0) is 13.1. The first-order valence-corrected chi connectivity index (χ1v) is 6.28. The molecule has 0 spiro atoms. The maximum absolute atomic E-state index is 12.2. The standard InChI is InChI=1S/C12H23N3O2/c1-4-14-10(16)8-15(5-2)11(17)12(3,13)9-6-7-9/h9H,4-8,13H2,1-3H3,(H,14,16). The highest BCUT2D eigenvalue weighted by Gasteiger charge is 2.45. The molecular weight excluding hydrogens is 218 g/mol. The molecule has 0 aromatic rings. The number of hydrogen-bond acceptors (Lipinski definition) is 3. The lowest BCUT2D eigenvalue weighted by atomic mass is 9.95. The van der Waals surface area contributed by atoms with Gasteiger partial charge in [0.05, 0.1) is 12.1 Å². The number of nitrogens with one attached hydrogen (secondary N) is 1. The molecule has 1 saturated carbocycles. The zero-order valence-electron chi connectivity index (χ0n) is 11.0. The van der Waals surface area contributed by atoms with Crippen molar-refractivity contribution in [3.63, 3.8) is 0 Å². The Bertz CT molecular complexity index is 298. The molecule has 1 aliphatic rings. The number of amides is 2. The van der Waals surface area contributed by atoms with E-state index >= 15 is 0 Å². The number of likely N-dealkylation sites (N-methyl/N-ethyl adjacent to an activating group) is 2. The van der Waals surface area contributed by atoms with Gasteiger partial charge in [-0.2, -0.15) is 0 Å². The van der Waals surface area contributed by atoms with E-state index in [9.17, 15) is 9.59 Å².